The van der Waals surface area contributed by atoms with Crippen LogP contribution in [-0.4, -0.2) is 31.0 Å². The van der Waals surface area contributed by atoms with E-state index in [2.05, 4.69) is 9.71 Å². The predicted octanol–water partition coefficient (Wildman–Crippen LogP) is 1.93. The predicted molar refractivity (Wildman–Crippen MR) is 103 cm³/mol. The molecule has 0 aliphatic rings. The van der Waals surface area contributed by atoms with Crippen LogP contribution in [0.3, 0.4) is 0 Å². The number of fused-ring (bicyclic) bond motifs is 1. The number of sulfonamides is 1. The Morgan fingerprint density at radius 2 is 1.85 bits per heavy atom. The molecule has 7 nitrogen and oxygen atoms in total. The van der Waals surface area contributed by atoms with Crippen LogP contribution in [0.1, 0.15) is 10.4 Å². The van der Waals surface area contributed by atoms with Gasteiger partial charge in [0.05, 0.1) is 16.2 Å². The molecule has 3 aromatic rings. The second-order valence-corrected chi connectivity index (χ2v) is 8.21. The standard InChI is InChI=1S/C18H15N3O4S2/c19-17(22)11-26-15-6-2-1-5-14(15)18(23)21-27(24,25)16-7-3-4-12-10-20-9-8-13(12)16/h1-10H,11H2,(H2,19,22)(H,21,23). The molecule has 0 fully saturated rings. The first-order valence-electron chi connectivity index (χ1n) is 7.78. The monoisotopic (exact) mass is 401 g/mol. The highest BCUT2D eigenvalue weighted by Crippen LogP contribution is 2.25. The number of carbonyl (C=O) groups is 2. The van der Waals surface area contributed by atoms with E-state index in [-0.39, 0.29) is 16.2 Å². The number of rotatable bonds is 6. The quantitative estimate of drug-likeness (QED) is 0.609. The maximum Gasteiger partial charge on any atom is 0.266 e. The maximum atomic E-state index is 12.8. The highest BCUT2D eigenvalue weighted by Gasteiger charge is 2.22. The molecule has 0 aliphatic carbocycles. The Balaban J connectivity index is 1.93. The Kier molecular flexibility index (Phi) is 5.43. The third kappa shape index (κ3) is 4.26. The first-order chi connectivity index (χ1) is 12.9. The Morgan fingerprint density at radius 3 is 2.63 bits per heavy atom. The lowest BCUT2D eigenvalue weighted by atomic mass is 10.2. The van der Waals surface area contributed by atoms with Crippen molar-refractivity contribution >= 4 is 44.4 Å². The summed E-state index contributed by atoms with van der Waals surface area (Å²) < 4.78 is 27.6. The molecule has 2 amide bonds. The van der Waals surface area contributed by atoms with Crippen LogP contribution in [0.5, 0.6) is 0 Å². The number of aromatic nitrogens is 1. The molecule has 0 aliphatic heterocycles. The van der Waals surface area contributed by atoms with Crippen LogP contribution in [0.2, 0.25) is 0 Å². The van der Waals surface area contributed by atoms with Crippen molar-refractivity contribution in [2.45, 2.75) is 9.79 Å². The maximum absolute atomic E-state index is 12.8. The van der Waals surface area contributed by atoms with Gasteiger partial charge in [-0.25, -0.2) is 13.1 Å². The van der Waals surface area contributed by atoms with Crippen LogP contribution in [0.15, 0.2) is 70.7 Å². The first-order valence-corrected chi connectivity index (χ1v) is 10.3. The number of nitrogens with zero attached hydrogens (tertiary/aromatic N) is 1. The van der Waals surface area contributed by atoms with Crippen molar-refractivity contribution in [3.05, 3.63) is 66.5 Å². The largest absolute Gasteiger partial charge is 0.369 e. The fraction of sp³-hybridized carbons (Fsp3) is 0.0556. The van der Waals surface area contributed by atoms with E-state index in [1.165, 1.54) is 18.3 Å². The molecule has 3 N–H and O–H groups in total. The van der Waals surface area contributed by atoms with Gasteiger partial charge in [0, 0.05) is 28.1 Å². The Labute approximate surface area is 160 Å². The van der Waals surface area contributed by atoms with Gasteiger partial charge in [0.25, 0.3) is 15.9 Å². The summed E-state index contributed by atoms with van der Waals surface area (Å²) in [7, 11) is -4.11. The molecule has 1 heterocycles. The molecular weight excluding hydrogens is 386 g/mol. The second-order valence-electron chi connectivity index (χ2n) is 5.54. The van der Waals surface area contributed by atoms with E-state index >= 15 is 0 Å². The number of benzene rings is 2. The SMILES string of the molecule is NC(=O)CSc1ccccc1C(=O)NS(=O)(=O)c1cccc2cnccc12. The van der Waals surface area contributed by atoms with Crippen molar-refractivity contribution in [1.82, 2.24) is 9.71 Å². The number of primary amides is 1. The van der Waals surface area contributed by atoms with E-state index < -0.39 is 21.8 Å². The van der Waals surface area contributed by atoms with Crippen LogP contribution in [0.25, 0.3) is 10.8 Å². The van der Waals surface area contributed by atoms with Crippen molar-refractivity contribution in [2.24, 2.45) is 5.73 Å². The molecule has 3 rings (SSSR count). The smallest absolute Gasteiger partial charge is 0.266 e. The zero-order valence-electron chi connectivity index (χ0n) is 14.0. The lowest BCUT2D eigenvalue weighted by molar-refractivity contribution is -0.115. The molecule has 2 aromatic carbocycles. The second kappa shape index (κ2) is 7.77. The summed E-state index contributed by atoms with van der Waals surface area (Å²) in [5.41, 5.74) is 5.28. The molecule has 0 radical (unpaired) electrons. The Bertz CT molecular complexity index is 1120. The van der Waals surface area contributed by atoms with Crippen molar-refractivity contribution in [3.63, 3.8) is 0 Å². The minimum Gasteiger partial charge on any atom is -0.369 e. The number of thioether (sulfide) groups is 1. The van der Waals surface area contributed by atoms with Crippen LogP contribution >= 0.6 is 11.8 Å². The molecule has 27 heavy (non-hydrogen) atoms. The normalized spacial score (nSPS) is 11.3. The molecule has 9 heteroatoms. The van der Waals surface area contributed by atoms with E-state index in [4.69, 9.17) is 5.73 Å². The minimum atomic E-state index is -4.11. The summed E-state index contributed by atoms with van der Waals surface area (Å²) in [5.74, 6) is -1.34. The van der Waals surface area contributed by atoms with E-state index in [1.807, 2.05) is 0 Å². The topological polar surface area (TPSA) is 119 Å². The van der Waals surface area contributed by atoms with Crippen LogP contribution in [0, 0.1) is 0 Å². The highest BCUT2D eigenvalue weighted by atomic mass is 32.2. The van der Waals surface area contributed by atoms with Crippen LogP contribution in [-0.2, 0) is 14.8 Å². The molecule has 1 aromatic heterocycles. The van der Waals surface area contributed by atoms with Gasteiger partial charge < -0.3 is 5.73 Å². The summed E-state index contributed by atoms with van der Waals surface area (Å²) in [6, 6.07) is 12.7. The van der Waals surface area contributed by atoms with Gasteiger partial charge >= 0.3 is 0 Å². The molecule has 0 unspecified atom stereocenters. The van der Waals surface area contributed by atoms with E-state index in [0.29, 0.717) is 15.7 Å². The summed E-state index contributed by atoms with van der Waals surface area (Å²) in [5, 5.41) is 1.11. The average Bonchev–Trinajstić information content (AvgIpc) is 2.65. The zero-order valence-corrected chi connectivity index (χ0v) is 15.6. The number of hydrogen-bond acceptors (Lipinski definition) is 6. The van der Waals surface area contributed by atoms with Crippen molar-refractivity contribution in [1.29, 1.82) is 0 Å². The number of amides is 2. The lowest BCUT2D eigenvalue weighted by Crippen LogP contribution is -2.31. The molecule has 0 saturated heterocycles. The van der Waals surface area contributed by atoms with Gasteiger partial charge in [0.2, 0.25) is 5.91 Å². The fourth-order valence-electron chi connectivity index (χ4n) is 2.49. The average molecular weight is 401 g/mol. The first kappa shape index (κ1) is 18.9. The molecule has 0 bridgehead atoms. The number of pyridine rings is 1. The summed E-state index contributed by atoms with van der Waals surface area (Å²) >= 11 is 1.07. The third-order valence-corrected chi connectivity index (χ3v) is 6.14. The molecule has 0 atom stereocenters. The van der Waals surface area contributed by atoms with Crippen LogP contribution in [0.4, 0.5) is 0 Å². The van der Waals surface area contributed by atoms with E-state index in [0.717, 1.165) is 11.8 Å². The van der Waals surface area contributed by atoms with Crippen molar-refractivity contribution in [2.75, 3.05) is 5.75 Å². The van der Waals surface area contributed by atoms with Crippen molar-refractivity contribution < 1.29 is 18.0 Å². The summed E-state index contributed by atoms with van der Waals surface area (Å²) in [4.78, 5) is 28.0. The number of nitrogens with one attached hydrogen (secondary N) is 1. The van der Waals surface area contributed by atoms with E-state index in [9.17, 15) is 18.0 Å². The molecule has 0 saturated carbocycles. The van der Waals surface area contributed by atoms with Gasteiger partial charge in [0.1, 0.15) is 0 Å². The molecule has 0 spiro atoms. The van der Waals surface area contributed by atoms with Crippen molar-refractivity contribution in [3.8, 4) is 0 Å². The van der Waals surface area contributed by atoms with E-state index in [1.54, 1.807) is 42.6 Å². The molecule has 138 valence electrons. The molecular formula is C18H15N3O4S2. The van der Waals surface area contributed by atoms with Crippen LogP contribution < -0.4 is 10.5 Å². The summed E-state index contributed by atoms with van der Waals surface area (Å²) in [6.45, 7) is 0. The number of nitrogens with two attached hydrogens (primary N) is 1. The van der Waals surface area contributed by atoms with Gasteiger partial charge in [-0.05, 0) is 24.3 Å². The zero-order chi connectivity index (χ0) is 19.4. The Hall–Kier alpha value is -2.91. The fourth-order valence-corrected chi connectivity index (χ4v) is 4.47. The Morgan fingerprint density at radius 1 is 1.07 bits per heavy atom. The summed E-state index contributed by atoms with van der Waals surface area (Å²) in [6.07, 6.45) is 3.03. The van der Waals surface area contributed by atoms with Gasteiger partial charge in [-0.2, -0.15) is 0 Å². The number of hydrogen-bond donors (Lipinski definition) is 2. The third-order valence-electron chi connectivity index (χ3n) is 3.66. The van der Waals surface area contributed by atoms with Gasteiger partial charge in [0.15, 0.2) is 0 Å². The lowest BCUT2D eigenvalue weighted by Gasteiger charge is -2.11. The van der Waals surface area contributed by atoms with Gasteiger partial charge in [-0.15, -0.1) is 11.8 Å². The minimum absolute atomic E-state index is 0.0157. The van der Waals surface area contributed by atoms with Gasteiger partial charge in [-0.3, -0.25) is 14.6 Å². The van der Waals surface area contributed by atoms with Gasteiger partial charge in [-0.1, -0.05) is 24.3 Å². The highest BCUT2D eigenvalue weighted by molar-refractivity contribution is 8.00. The number of carbonyl (C=O) groups excluding carboxylic acids is 2.